The maximum absolute atomic E-state index is 12.9. The summed E-state index contributed by atoms with van der Waals surface area (Å²) in [7, 11) is 1.35. The van der Waals surface area contributed by atoms with Crippen molar-refractivity contribution in [2.45, 2.75) is 57.5 Å². The van der Waals surface area contributed by atoms with Crippen molar-refractivity contribution in [2.24, 2.45) is 5.92 Å². The minimum atomic E-state index is -0.526. The van der Waals surface area contributed by atoms with E-state index in [2.05, 4.69) is 0 Å². The molecular weight excluding hydrogens is 358 g/mol. The van der Waals surface area contributed by atoms with Crippen molar-refractivity contribution in [3.63, 3.8) is 0 Å². The van der Waals surface area contributed by atoms with E-state index in [9.17, 15) is 14.4 Å². The van der Waals surface area contributed by atoms with Crippen LogP contribution in [0.15, 0.2) is 24.3 Å². The molecule has 1 unspecified atom stereocenters. The van der Waals surface area contributed by atoms with Crippen LogP contribution >= 0.6 is 0 Å². The third-order valence-electron chi connectivity index (χ3n) is 5.78. The SMILES string of the molecule is COC(=O)CC1CC2(CCN(C(=O)OC(C)(C)C)CC2)c2ccccc2C1=O. The van der Waals surface area contributed by atoms with Crippen molar-refractivity contribution in [3.8, 4) is 0 Å². The number of esters is 1. The highest BCUT2D eigenvalue weighted by Gasteiger charge is 2.47. The first-order valence-corrected chi connectivity index (χ1v) is 9.84. The summed E-state index contributed by atoms with van der Waals surface area (Å²) in [6.07, 6.45) is 1.90. The Labute approximate surface area is 166 Å². The molecule has 1 heterocycles. The number of amides is 1. The third-order valence-corrected chi connectivity index (χ3v) is 5.78. The van der Waals surface area contributed by atoms with Gasteiger partial charge in [-0.3, -0.25) is 9.59 Å². The van der Waals surface area contributed by atoms with Crippen LogP contribution in [0.1, 0.15) is 62.4 Å². The Balaban J connectivity index is 1.82. The molecular formula is C22H29NO5. The number of Topliss-reactive ketones (excluding diaryl/α,β-unsaturated/α-hetero) is 1. The summed E-state index contributed by atoms with van der Waals surface area (Å²) in [5.41, 5.74) is 1.02. The average Bonchev–Trinajstić information content (AvgIpc) is 2.65. The van der Waals surface area contributed by atoms with Crippen LogP contribution in [0.2, 0.25) is 0 Å². The first-order valence-electron chi connectivity index (χ1n) is 9.84. The highest BCUT2D eigenvalue weighted by Crippen LogP contribution is 2.47. The van der Waals surface area contributed by atoms with Crippen LogP contribution in [0.4, 0.5) is 4.79 Å². The number of fused-ring (bicyclic) bond motifs is 2. The second kappa shape index (κ2) is 7.57. The van der Waals surface area contributed by atoms with E-state index in [1.165, 1.54) is 7.11 Å². The molecule has 1 fully saturated rings. The third kappa shape index (κ3) is 4.05. The predicted octanol–water partition coefficient (Wildman–Crippen LogP) is 3.72. The second-order valence-corrected chi connectivity index (χ2v) is 8.84. The maximum atomic E-state index is 12.9. The summed E-state index contributed by atoms with van der Waals surface area (Å²) in [6.45, 7) is 6.72. The molecule has 1 aliphatic carbocycles. The molecule has 2 aliphatic rings. The first kappa shape index (κ1) is 20.4. The lowest BCUT2D eigenvalue weighted by molar-refractivity contribution is -0.141. The van der Waals surface area contributed by atoms with Gasteiger partial charge in [0.1, 0.15) is 5.60 Å². The molecule has 28 heavy (non-hydrogen) atoms. The Hall–Kier alpha value is -2.37. The molecule has 6 heteroatoms. The van der Waals surface area contributed by atoms with Crippen molar-refractivity contribution >= 4 is 17.8 Å². The fraction of sp³-hybridized carbons (Fsp3) is 0.591. The zero-order chi connectivity index (χ0) is 20.5. The van der Waals surface area contributed by atoms with Crippen LogP contribution in [0, 0.1) is 5.92 Å². The lowest BCUT2D eigenvalue weighted by atomic mass is 9.61. The van der Waals surface area contributed by atoms with Gasteiger partial charge < -0.3 is 14.4 Å². The minimum Gasteiger partial charge on any atom is -0.469 e. The fourth-order valence-corrected chi connectivity index (χ4v) is 4.42. The molecule has 0 N–H and O–H groups in total. The van der Waals surface area contributed by atoms with Gasteiger partial charge in [0, 0.05) is 30.0 Å². The molecule has 0 bridgehead atoms. The van der Waals surface area contributed by atoms with Crippen LogP contribution in [0.5, 0.6) is 0 Å². The van der Waals surface area contributed by atoms with Crippen LogP contribution in [-0.4, -0.2) is 48.5 Å². The summed E-state index contributed by atoms with van der Waals surface area (Å²) in [5.74, 6) is -0.726. The molecule has 1 aromatic rings. The number of ketones is 1. The number of carbonyl (C=O) groups excluding carboxylic acids is 3. The molecule has 1 aliphatic heterocycles. The first-order chi connectivity index (χ1) is 13.1. The molecule has 0 saturated carbocycles. The normalized spacial score (nSPS) is 21.2. The Morgan fingerprint density at radius 1 is 1.18 bits per heavy atom. The summed E-state index contributed by atoms with van der Waals surface area (Å²) >= 11 is 0. The molecule has 6 nitrogen and oxygen atoms in total. The Morgan fingerprint density at radius 3 is 2.43 bits per heavy atom. The number of hydrogen-bond acceptors (Lipinski definition) is 5. The van der Waals surface area contributed by atoms with Crippen molar-refractivity contribution in [3.05, 3.63) is 35.4 Å². The maximum Gasteiger partial charge on any atom is 0.410 e. The topological polar surface area (TPSA) is 72.9 Å². The predicted molar refractivity (Wildman–Crippen MR) is 104 cm³/mol. The smallest absolute Gasteiger partial charge is 0.410 e. The zero-order valence-electron chi connectivity index (χ0n) is 17.1. The van der Waals surface area contributed by atoms with Gasteiger partial charge in [0.25, 0.3) is 0 Å². The highest BCUT2D eigenvalue weighted by molar-refractivity contribution is 6.02. The van der Waals surface area contributed by atoms with Gasteiger partial charge in [0.15, 0.2) is 5.78 Å². The van der Waals surface area contributed by atoms with Gasteiger partial charge >= 0.3 is 12.1 Å². The molecule has 152 valence electrons. The molecule has 0 aromatic heterocycles. The average molecular weight is 387 g/mol. The van der Waals surface area contributed by atoms with E-state index >= 15 is 0 Å². The number of rotatable bonds is 2. The van der Waals surface area contributed by atoms with Gasteiger partial charge in [0.2, 0.25) is 0 Å². The Bertz CT molecular complexity index is 771. The van der Waals surface area contributed by atoms with E-state index in [4.69, 9.17) is 9.47 Å². The van der Waals surface area contributed by atoms with Gasteiger partial charge in [-0.15, -0.1) is 0 Å². The van der Waals surface area contributed by atoms with E-state index in [0.29, 0.717) is 25.1 Å². The van der Waals surface area contributed by atoms with E-state index in [-0.39, 0.29) is 35.6 Å². The van der Waals surface area contributed by atoms with Gasteiger partial charge in [0.05, 0.1) is 13.5 Å². The van der Waals surface area contributed by atoms with Gasteiger partial charge in [-0.25, -0.2) is 4.79 Å². The molecule has 0 radical (unpaired) electrons. The Morgan fingerprint density at radius 2 is 1.82 bits per heavy atom. The summed E-state index contributed by atoms with van der Waals surface area (Å²) in [5, 5.41) is 0. The molecule has 3 rings (SSSR count). The monoisotopic (exact) mass is 387 g/mol. The summed E-state index contributed by atoms with van der Waals surface area (Å²) in [6, 6.07) is 7.68. The standard InChI is InChI=1S/C22H29NO5/c1-21(2,3)28-20(26)23-11-9-22(10-12-23)14-15(13-18(24)27-4)19(25)16-7-5-6-8-17(16)22/h5-8,15H,9-14H2,1-4H3. The number of nitrogens with zero attached hydrogens (tertiary/aromatic N) is 1. The number of hydrogen-bond donors (Lipinski definition) is 0. The van der Waals surface area contributed by atoms with Crippen LogP contribution in [-0.2, 0) is 19.7 Å². The number of benzene rings is 1. The number of carbonyl (C=O) groups is 3. The number of ether oxygens (including phenoxy) is 2. The van der Waals surface area contributed by atoms with Gasteiger partial charge in [-0.2, -0.15) is 0 Å². The van der Waals surface area contributed by atoms with Crippen LogP contribution in [0.3, 0.4) is 0 Å². The lowest BCUT2D eigenvalue weighted by Crippen LogP contribution is -2.50. The van der Waals surface area contributed by atoms with Gasteiger partial charge in [-0.1, -0.05) is 24.3 Å². The summed E-state index contributed by atoms with van der Waals surface area (Å²) < 4.78 is 10.3. The van der Waals surface area contributed by atoms with E-state index < -0.39 is 5.60 Å². The largest absolute Gasteiger partial charge is 0.469 e. The van der Waals surface area contributed by atoms with Gasteiger partial charge in [-0.05, 0) is 45.6 Å². The second-order valence-electron chi connectivity index (χ2n) is 8.84. The molecule has 1 saturated heterocycles. The minimum absolute atomic E-state index is 0.0150. The van der Waals surface area contributed by atoms with E-state index in [1.54, 1.807) is 4.90 Å². The molecule has 1 amide bonds. The fourth-order valence-electron chi connectivity index (χ4n) is 4.42. The number of piperidine rings is 1. The number of likely N-dealkylation sites (tertiary alicyclic amines) is 1. The highest BCUT2D eigenvalue weighted by atomic mass is 16.6. The van der Waals surface area contributed by atoms with Crippen molar-refractivity contribution < 1.29 is 23.9 Å². The van der Waals surface area contributed by atoms with Crippen molar-refractivity contribution in [1.29, 1.82) is 0 Å². The molecule has 1 aromatic carbocycles. The van der Waals surface area contributed by atoms with Crippen molar-refractivity contribution in [1.82, 2.24) is 4.90 Å². The van der Waals surface area contributed by atoms with Crippen molar-refractivity contribution in [2.75, 3.05) is 20.2 Å². The summed E-state index contributed by atoms with van der Waals surface area (Å²) in [4.78, 5) is 38.9. The number of methoxy groups -OCH3 is 1. The van der Waals surface area contributed by atoms with Crippen LogP contribution in [0.25, 0.3) is 0 Å². The van der Waals surface area contributed by atoms with E-state index in [0.717, 1.165) is 18.4 Å². The molecule has 1 atom stereocenters. The quantitative estimate of drug-likeness (QED) is 0.723. The van der Waals surface area contributed by atoms with E-state index in [1.807, 2.05) is 45.0 Å². The Kier molecular flexibility index (Phi) is 5.50. The lowest BCUT2D eigenvalue weighted by Gasteiger charge is -2.47. The van der Waals surface area contributed by atoms with Crippen LogP contribution < -0.4 is 0 Å². The zero-order valence-corrected chi connectivity index (χ0v) is 17.1. The molecule has 1 spiro atoms.